The number of alkyl halides is 1. The van der Waals surface area contributed by atoms with Crippen LogP contribution in [0.1, 0.15) is 77.6 Å². The molecule has 0 heterocycles. The Morgan fingerprint density at radius 1 is 0.769 bits per heavy atom. The van der Waals surface area contributed by atoms with Gasteiger partial charge in [-0.2, -0.15) is 0 Å². The second kappa shape index (κ2) is 21.8. The van der Waals surface area contributed by atoms with Crippen molar-refractivity contribution in [2.75, 3.05) is 12.4 Å². The Morgan fingerprint density at radius 2 is 1.31 bits per heavy atom. The summed E-state index contributed by atoms with van der Waals surface area (Å²) >= 11 is 5.57. The Kier molecular flexibility index (Phi) is 20.7. The first-order valence-electron chi connectivity index (χ1n) is 10.2. The summed E-state index contributed by atoms with van der Waals surface area (Å²) in [6.45, 7) is 2.93. The Labute approximate surface area is 166 Å². The van der Waals surface area contributed by atoms with Crippen molar-refractivity contribution in [2.45, 2.75) is 77.6 Å². The molecule has 0 aromatic heterocycles. The molecule has 0 saturated heterocycles. The standard InChI is InChI=1S/C23H38ClNO/c1-2-3-4-5-6-7-8-9-10-11-12-13-14-15-16-17-18-20-23(26)25-22-19-21-24/h6-7,9-10,12-13,15-16H,2-5,8,11,14,17-22H2,1H3,(H,25,26)/b7-6-,10-9-,13-12-,16-15-. The molecule has 0 aromatic rings. The summed E-state index contributed by atoms with van der Waals surface area (Å²) in [5, 5.41) is 2.87. The maximum atomic E-state index is 11.5. The van der Waals surface area contributed by atoms with Crippen LogP contribution in [0.3, 0.4) is 0 Å². The number of nitrogens with one attached hydrogen (secondary N) is 1. The molecule has 0 rings (SSSR count). The fourth-order valence-corrected chi connectivity index (χ4v) is 2.46. The van der Waals surface area contributed by atoms with E-state index in [1.165, 1.54) is 25.7 Å². The van der Waals surface area contributed by atoms with Crippen molar-refractivity contribution >= 4 is 17.5 Å². The van der Waals surface area contributed by atoms with Gasteiger partial charge in [0.1, 0.15) is 0 Å². The number of carbonyl (C=O) groups is 1. The molecule has 0 saturated carbocycles. The highest BCUT2D eigenvalue weighted by Crippen LogP contribution is 2.01. The van der Waals surface area contributed by atoms with Gasteiger partial charge in [0.15, 0.2) is 0 Å². The average Bonchev–Trinajstić information content (AvgIpc) is 2.64. The van der Waals surface area contributed by atoms with Crippen molar-refractivity contribution in [3.8, 4) is 0 Å². The molecular formula is C23H38ClNO. The van der Waals surface area contributed by atoms with E-state index in [9.17, 15) is 4.79 Å². The zero-order chi connectivity index (χ0) is 19.1. The largest absolute Gasteiger partial charge is 0.356 e. The van der Waals surface area contributed by atoms with Crippen molar-refractivity contribution < 1.29 is 4.79 Å². The molecule has 0 aromatic carbocycles. The van der Waals surface area contributed by atoms with E-state index < -0.39 is 0 Å². The number of rotatable bonds is 17. The Hall–Kier alpha value is -1.28. The van der Waals surface area contributed by atoms with Gasteiger partial charge in [0.2, 0.25) is 5.91 Å². The first-order chi connectivity index (χ1) is 12.8. The summed E-state index contributed by atoms with van der Waals surface area (Å²) in [7, 11) is 0. The molecule has 26 heavy (non-hydrogen) atoms. The number of hydrogen-bond donors (Lipinski definition) is 1. The van der Waals surface area contributed by atoms with E-state index in [0.29, 0.717) is 18.8 Å². The minimum Gasteiger partial charge on any atom is -0.356 e. The van der Waals surface area contributed by atoms with Crippen LogP contribution >= 0.6 is 11.6 Å². The first-order valence-corrected chi connectivity index (χ1v) is 10.8. The summed E-state index contributed by atoms with van der Waals surface area (Å²) in [6.07, 6.45) is 29.2. The van der Waals surface area contributed by atoms with Crippen LogP contribution in [0.5, 0.6) is 0 Å². The van der Waals surface area contributed by atoms with Crippen LogP contribution in [0.4, 0.5) is 0 Å². The lowest BCUT2D eigenvalue weighted by Crippen LogP contribution is -2.24. The topological polar surface area (TPSA) is 29.1 Å². The fourth-order valence-electron chi connectivity index (χ4n) is 2.32. The molecule has 3 heteroatoms. The molecule has 0 aliphatic heterocycles. The lowest BCUT2D eigenvalue weighted by atomic mass is 10.2. The second-order valence-electron chi connectivity index (χ2n) is 6.37. The van der Waals surface area contributed by atoms with Crippen LogP contribution in [-0.4, -0.2) is 18.3 Å². The van der Waals surface area contributed by atoms with E-state index in [-0.39, 0.29) is 5.91 Å². The zero-order valence-corrected chi connectivity index (χ0v) is 17.4. The number of amides is 1. The predicted octanol–water partition coefficient (Wildman–Crippen LogP) is 6.88. The highest BCUT2D eigenvalue weighted by molar-refractivity contribution is 6.17. The average molecular weight is 380 g/mol. The lowest BCUT2D eigenvalue weighted by Gasteiger charge is -2.02. The summed E-state index contributed by atoms with van der Waals surface area (Å²) in [5.41, 5.74) is 0. The van der Waals surface area contributed by atoms with Gasteiger partial charge in [-0.05, 0) is 51.4 Å². The van der Waals surface area contributed by atoms with E-state index in [4.69, 9.17) is 11.6 Å². The molecule has 0 unspecified atom stereocenters. The van der Waals surface area contributed by atoms with Crippen molar-refractivity contribution in [2.24, 2.45) is 0 Å². The molecule has 0 aliphatic rings. The van der Waals surface area contributed by atoms with Crippen molar-refractivity contribution in [3.63, 3.8) is 0 Å². The van der Waals surface area contributed by atoms with Gasteiger partial charge in [0.05, 0.1) is 0 Å². The van der Waals surface area contributed by atoms with Gasteiger partial charge >= 0.3 is 0 Å². The minimum atomic E-state index is 0.131. The molecule has 0 spiro atoms. The monoisotopic (exact) mass is 379 g/mol. The number of unbranched alkanes of at least 4 members (excludes halogenated alkanes) is 4. The van der Waals surface area contributed by atoms with Gasteiger partial charge in [0.25, 0.3) is 0 Å². The Bertz CT molecular complexity index is 424. The van der Waals surface area contributed by atoms with E-state index >= 15 is 0 Å². The Balaban J connectivity index is 3.44. The van der Waals surface area contributed by atoms with E-state index in [1.807, 2.05) is 0 Å². The number of halogens is 1. The van der Waals surface area contributed by atoms with Crippen LogP contribution in [0.15, 0.2) is 48.6 Å². The maximum Gasteiger partial charge on any atom is 0.220 e. The maximum absolute atomic E-state index is 11.5. The van der Waals surface area contributed by atoms with Crippen LogP contribution in [0.25, 0.3) is 0 Å². The molecule has 0 radical (unpaired) electrons. The smallest absolute Gasteiger partial charge is 0.220 e. The molecule has 148 valence electrons. The molecule has 0 aliphatic carbocycles. The van der Waals surface area contributed by atoms with Crippen LogP contribution in [0, 0.1) is 0 Å². The summed E-state index contributed by atoms with van der Waals surface area (Å²) in [4.78, 5) is 11.5. The highest BCUT2D eigenvalue weighted by atomic mass is 35.5. The number of carbonyl (C=O) groups excluding carboxylic acids is 1. The van der Waals surface area contributed by atoms with Crippen molar-refractivity contribution in [3.05, 3.63) is 48.6 Å². The zero-order valence-electron chi connectivity index (χ0n) is 16.6. The third kappa shape index (κ3) is 20.8. The summed E-state index contributed by atoms with van der Waals surface area (Å²) in [5.74, 6) is 0.730. The highest BCUT2D eigenvalue weighted by Gasteiger charge is 1.98. The predicted molar refractivity (Wildman–Crippen MR) is 117 cm³/mol. The van der Waals surface area contributed by atoms with E-state index in [0.717, 1.165) is 38.5 Å². The van der Waals surface area contributed by atoms with Crippen LogP contribution in [0.2, 0.25) is 0 Å². The molecular weight excluding hydrogens is 342 g/mol. The lowest BCUT2D eigenvalue weighted by molar-refractivity contribution is -0.121. The Morgan fingerprint density at radius 3 is 1.85 bits per heavy atom. The molecule has 0 bridgehead atoms. The van der Waals surface area contributed by atoms with Gasteiger partial charge in [-0.1, -0.05) is 68.4 Å². The molecule has 2 nitrogen and oxygen atoms in total. The van der Waals surface area contributed by atoms with Gasteiger partial charge in [-0.3, -0.25) is 4.79 Å². The third-order valence-corrected chi connectivity index (χ3v) is 4.13. The SMILES string of the molecule is CCCCC/C=C\C/C=C\C/C=C\C/C=C\CCCC(=O)NCCCCl. The number of allylic oxidation sites excluding steroid dienone is 8. The van der Waals surface area contributed by atoms with Gasteiger partial charge in [0, 0.05) is 18.8 Å². The normalized spacial score (nSPS) is 12.2. The minimum absolute atomic E-state index is 0.131. The molecule has 0 fully saturated rings. The fraction of sp³-hybridized carbons (Fsp3) is 0.609. The van der Waals surface area contributed by atoms with E-state index in [1.54, 1.807) is 0 Å². The van der Waals surface area contributed by atoms with E-state index in [2.05, 4.69) is 60.8 Å². The summed E-state index contributed by atoms with van der Waals surface area (Å²) in [6, 6.07) is 0. The quantitative estimate of drug-likeness (QED) is 0.166. The molecule has 0 atom stereocenters. The first kappa shape index (κ1) is 24.7. The van der Waals surface area contributed by atoms with Crippen LogP contribution < -0.4 is 5.32 Å². The van der Waals surface area contributed by atoms with Gasteiger partial charge in [-0.15, -0.1) is 11.6 Å². The molecule has 1 amide bonds. The van der Waals surface area contributed by atoms with Crippen molar-refractivity contribution in [1.82, 2.24) is 5.32 Å². The van der Waals surface area contributed by atoms with Crippen molar-refractivity contribution in [1.29, 1.82) is 0 Å². The second-order valence-corrected chi connectivity index (χ2v) is 6.75. The van der Waals surface area contributed by atoms with Crippen LogP contribution in [-0.2, 0) is 4.79 Å². The number of hydrogen-bond acceptors (Lipinski definition) is 1. The third-order valence-electron chi connectivity index (χ3n) is 3.86. The van der Waals surface area contributed by atoms with Gasteiger partial charge in [-0.25, -0.2) is 0 Å². The summed E-state index contributed by atoms with van der Waals surface area (Å²) < 4.78 is 0. The molecule has 1 N–H and O–H groups in total. The van der Waals surface area contributed by atoms with Gasteiger partial charge < -0.3 is 5.32 Å².